The largest absolute Gasteiger partial charge is 0.446 e. The van der Waals surface area contributed by atoms with Crippen LogP contribution in [0.2, 0.25) is 0 Å². The Kier molecular flexibility index (Phi) is 4.34. The lowest BCUT2D eigenvalue weighted by molar-refractivity contribution is 0.215. The van der Waals surface area contributed by atoms with Gasteiger partial charge in [-0.15, -0.1) is 0 Å². The fourth-order valence-electron chi connectivity index (χ4n) is 2.98. The Balaban J connectivity index is 1.55. The van der Waals surface area contributed by atoms with Crippen LogP contribution in [0, 0.1) is 0 Å². The Morgan fingerprint density at radius 2 is 2.04 bits per heavy atom. The van der Waals surface area contributed by atoms with Crippen molar-refractivity contribution in [3.05, 3.63) is 58.2 Å². The second-order valence-electron chi connectivity index (χ2n) is 6.12. The zero-order chi connectivity index (χ0) is 19.0. The molecule has 0 spiro atoms. The molecular formula is C16H15N5O5S. The molecule has 0 unspecified atom stereocenters. The molecule has 2 N–H and O–H groups in total. The molecule has 0 amide bonds. The van der Waals surface area contributed by atoms with E-state index in [0.29, 0.717) is 54.5 Å². The summed E-state index contributed by atoms with van der Waals surface area (Å²) in [5, 5.41) is -0.496. The minimum Gasteiger partial charge on any atom is -0.446 e. The van der Waals surface area contributed by atoms with Crippen LogP contribution in [0.1, 0.15) is 17.0 Å². The predicted octanol–water partition coefficient (Wildman–Crippen LogP) is 0.625. The van der Waals surface area contributed by atoms with Crippen LogP contribution in [-0.2, 0) is 29.6 Å². The standard InChI is InChI=1S/C16H15N5O5S/c22-16-12-8-21(7-11-1-2-14(26-11)27(23,24)25)4-3-13(12)19-15(20-16)10-5-17-9-18-6-10/h1-2,5-6,9H,3-4,7-8H2,(H,19,20,22)(H,23,24,25). The second kappa shape index (κ2) is 6.68. The van der Waals surface area contributed by atoms with Crippen molar-refractivity contribution in [1.82, 2.24) is 24.8 Å². The van der Waals surface area contributed by atoms with E-state index in [9.17, 15) is 13.2 Å². The Hall–Kier alpha value is -2.89. The molecule has 0 radical (unpaired) electrons. The molecule has 3 aromatic rings. The molecule has 4 heterocycles. The minimum atomic E-state index is -4.37. The summed E-state index contributed by atoms with van der Waals surface area (Å²) in [4.78, 5) is 29.6. The van der Waals surface area contributed by atoms with Crippen molar-refractivity contribution in [2.45, 2.75) is 24.6 Å². The second-order valence-corrected chi connectivity index (χ2v) is 7.48. The van der Waals surface area contributed by atoms with Crippen molar-refractivity contribution in [3.8, 4) is 11.4 Å². The molecule has 0 fully saturated rings. The number of H-pyrrole nitrogens is 1. The van der Waals surface area contributed by atoms with E-state index in [0.717, 1.165) is 0 Å². The fraction of sp³-hybridized carbons (Fsp3) is 0.250. The highest BCUT2D eigenvalue weighted by Crippen LogP contribution is 2.21. The average molecular weight is 389 g/mol. The molecule has 10 nitrogen and oxygen atoms in total. The molecule has 0 aliphatic carbocycles. The van der Waals surface area contributed by atoms with Crippen molar-refractivity contribution in [1.29, 1.82) is 0 Å². The van der Waals surface area contributed by atoms with Gasteiger partial charge in [-0.1, -0.05) is 0 Å². The third-order valence-electron chi connectivity index (χ3n) is 4.25. The molecule has 140 valence electrons. The Labute approximate surface area is 153 Å². The van der Waals surface area contributed by atoms with E-state index in [1.165, 1.54) is 18.5 Å². The van der Waals surface area contributed by atoms with E-state index in [1.54, 1.807) is 12.4 Å². The highest BCUT2D eigenvalue weighted by atomic mass is 32.2. The smallest absolute Gasteiger partial charge is 0.328 e. The van der Waals surface area contributed by atoms with Crippen LogP contribution >= 0.6 is 0 Å². The molecule has 3 aromatic heterocycles. The molecule has 0 saturated heterocycles. The zero-order valence-corrected chi connectivity index (χ0v) is 14.8. The monoisotopic (exact) mass is 389 g/mol. The normalized spacial score (nSPS) is 14.9. The van der Waals surface area contributed by atoms with Gasteiger partial charge >= 0.3 is 10.1 Å². The molecule has 27 heavy (non-hydrogen) atoms. The molecule has 0 bridgehead atoms. The third kappa shape index (κ3) is 3.65. The molecule has 0 aromatic carbocycles. The summed E-state index contributed by atoms with van der Waals surface area (Å²) in [6.45, 7) is 1.28. The van der Waals surface area contributed by atoms with Gasteiger partial charge in [0.2, 0.25) is 5.09 Å². The summed E-state index contributed by atoms with van der Waals surface area (Å²) in [5.74, 6) is 0.810. The van der Waals surface area contributed by atoms with Crippen LogP contribution in [0.15, 0.2) is 45.2 Å². The number of aromatic amines is 1. The van der Waals surface area contributed by atoms with Crippen LogP contribution in [-0.4, -0.2) is 44.4 Å². The van der Waals surface area contributed by atoms with Gasteiger partial charge in [0.15, 0.2) is 0 Å². The molecule has 4 rings (SSSR count). The van der Waals surface area contributed by atoms with Gasteiger partial charge in [0.25, 0.3) is 5.56 Å². The number of rotatable bonds is 4. The quantitative estimate of drug-likeness (QED) is 0.614. The van der Waals surface area contributed by atoms with E-state index >= 15 is 0 Å². The topological polar surface area (TPSA) is 142 Å². The first-order chi connectivity index (χ1) is 12.9. The van der Waals surface area contributed by atoms with Crippen molar-refractivity contribution in [3.63, 3.8) is 0 Å². The maximum absolute atomic E-state index is 12.5. The van der Waals surface area contributed by atoms with Crippen molar-refractivity contribution < 1.29 is 17.4 Å². The number of aromatic nitrogens is 4. The van der Waals surface area contributed by atoms with Gasteiger partial charge in [-0.25, -0.2) is 15.0 Å². The maximum atomic E-state index is 12.5. The minimum absolute atomic E-state index is 0.235. The van der Waals surface area contributed by atoms with E-state index in [2.05, 4.69) is 19.9 Å². The van der Waals surface area contributed by atoms with Crippen LogP contribution in [0.5, 0.6) is 0 Å². The molecule has 1 aliphatic rings. The van der Waals surface area contributed by atoms with Crippen molar-refractivity contribution in [2.24, 2.45) is 0 Å². The summed E-state index contributed by atoms with van der Waals surface area (Å²) in [5.41, 5.74) is 1.67. The van der Waals surface area contributed by atoms with Gasteiger partial charge in [-0.3, -0.25) is 14.2 Å². The highest BCUT2D eigenvalue weighted by molar-refractivity contribution is 7.85. The number of furan rings is 1. The molecule has 11 heteroatoms. The van der Waals surface area contributed by atoms with Gasteiger partial charge in [-0.2, -0.15) is 8.42 Å². The fourth-order valence-corrected chi connectivity index (χ4v) is 3.43. The van der Waals surface area contributed by atoms with E-state index in [-0.39, 0.29) is 5.56 Å². The summed E-state index contributed by atoms with van der Waals surface area (Å²) in [7, 11) is -4.37. The third-order valence-corrected chi connectivity index (χ3v) is 4.98. The first-order valence-electron chi connectivity index (χ1n) is 8.06. The Morgan fingerprint density at radius 1 is 1.26 bits per heavy atom. The Morgan fingerprint density at radius 3 is 2.74 bits per heavy atom. The summed E-state index contributed by atoms with van der Waals surface area (Å²) in [6.07, 6.45) is 5.12. The highest BCUT2D eigenvalue weighted by Gasteiger charge is 2.23. The lowest BCUT2D eigenvalue weighted by atomic mass is 10.1. The molecule has 0 atom stereocenters. The van der Waals surface area contributed by atoms with Gasteiger partial charge in [0, 0.05) is 31.9 Å². The van der Waals surface area contributed by atoms with Gasteiger partial charge in [0.1, 0.15) is 17.9 Å². The van der Waals surface area contributed by atoms with Crippen LogP contribution in [0.25, 0.3) is 11.4 Å². The molecule has 1 aliphatic heterocycles. The number of nitrogens with zero attached hydrogens (tertiary/aromatic N) is 4. The first kappa shape index (κ1) is 17.5. The van der Waals surface area contributed by atoms with Crippen LogP contribution in [0.3, 0.4) is 0 Å². The summed E-state index contributed by atoms with van der Waals surface area (Å²) >= 11 is 0. The summed E-state index contributed by atoms with van der Waals surface area (Å²) in [6, 6.07) is 2.69. The van der Waals surface area contributed by atoms with E-state index in [1.807, 2.05) is 4.90 Å². The lowest BCUT2D eigenvalue weighted by Gasteiger charge is -2.26. The van der Waals surface area contributed by atoms with Crippen LogP contribution < -0.4 is 5.56 Å². The van der Waals surface area contributed by atoms with E-state index in [4.69, 9.17) is 8.97 Å². The van der Waals surface area contributed by atoms with Crippen molar-refractivity contribution >= 4 is 10.1 Å². The maximum Gasteiger partial charge on any atom is 0.328 e. The van der Waals surface area contributed by atoms with Gasteiger partial charge < -0.3 is 9.40 Å². The van der Waals surface area contributed by atoms with E-state index < -0.39 is 15.2 Å². The number of hydrogen-bond donors (Lipinski definition) is 2. The van der Waals surface area contributed by atoms with Gasteiger partial charge in [0.05, 0.1) is 23.4 Å². The SMILES string of the molecule is O=c1[nH]c(-c2cncnc2)nc2c1CN(Cc1ccc(S(=O)(=O)O)o1)CC2. The Bertz CT molecular complexity index is 1140. The number of fused-ring (bicyclic) bond motifs is 1. The summed E-state index contributed by atoms with van der Waals surface area (Å²) < 4.78 is 36.3. The van der Waals surface area contributed by atoms with Gasteiger partial charge in [-0.05, 0) is 12.1 Å². The zero-order valence-electron chi connectivity index (χ0n) is 14.0. The average Bonchev–Trinajstić information content (AvgIpc) is 3.12. The predicted molar refractivity (Wildman–Crippen MR) is 92.2 cm³/mol. The molecule has 0 saturated carbocycles. The molecular weight excluding hydrogens is 374 g/mol. The number of nitrogens with one attached hydrogen (secondary N) is 1. The lowest BCUT2D eigenvalue weighted by Crippen LogP contribution is -2.35. The van der Waals surface area contributed by atoms with Crippen molar-refractivity contribution in [2.75, 3.05) is 6.54 Å². The number of hydrogen-bond acceptors (Lipinski definition) is 8. The van der Waals surface area contributed by atoms with Crippen LogP contribution in [0.4, 0.5) is 0 Å². The first-order valence-corrected chi connectivity index (χ1v) is 9.50.